The van der Waals surface area contributed by atoms with Gasteiger partial charge in [0, 0.05) is 23.5 Å². The van der Waals surface area contributed by atoms with Crippen LogP contribution in [0.15, 0.2) is 59.6 Å². The van der Waals surface area contributed by atoms with Gasteiger partial charge in [0.15, 0.2) is 28.4 Å². The third-order valence-corrected chi connectivity index (χ3v) is 21.0. The van der Waals surface area contributed by atoms with Gasteiger partial charge in [-0.05, 0) is 73.4 Å². The van der Waals surface area contributed by atoms with E-state index >= 15 is 0 Å². The number of para-hydroxylation sites is 1. The number of sulfone groups is 1. The molecule has 0 amide bonds. The highest BCUT2D eigenvalue weighted by Gasteiger charge is 2.52. The van der Waals surface area contributed by atoms with Crippen molar-refractivity contribution < 1.29 is 31.9 Å². The largest absolute Gasteiger partial charge is 0.411 e. The number of rotatable bonds is 11. The average molecular weight is 690 g/mol. The van der Waals surface area contributed by atoms with E-state index in [4.69, 9.17) is 18.3 Å². The first-order valence-electron chi connectivity index (χ1n) is 16.3. The molecule has 1 aliphatic heterocycles. The molecule has 1 fully saturated rings. The quantitative estimate of drug-likeness (QED) is 0.199. The van der Waals surface area contributed by atoms with Gasteiger partial charge in [0.25, 0.3) is 0 Å². The van der Waals surface area contributed by atoms with Crippen molar-refractivity contribution in [1.82, 2.24) is 4.98 Å². The molecule has 256 valence electrons. The fourth-order valence-corrected chi connectivity index (χ4v) is 9.24. The molecule has 0 spiro atoms. The van der Waals surface area contributed by atoms with Crippen LogP contribution in [-0.4, -0.2) is 71.8 Å². The first-order chi connectivity index (χ1) is 21.1. The van der Waals surface area contributed by atoms with Crippen molar-refractivity contribution in [1.29, 1.82) is 0 Å². The Labute approximate surface area is 278 Å². The van der Waals surface area contributed by atoms with E-state index in [1.807, 2.05) is 31.3 Å². The van der Waals surface area contributed by atoms with E-state index < -0.39 is 56.5 Å². The number of aromatic nitrogens is 1. The Morgan fingerprint density at radius 3 is 2.07 bits per heavy atom. The maximum atomic E-state index is 13.9. The summed E-state index contributed by atoms with van der Waals surface area (Å²) in [4.78, 5) is 3.35. The molecule has 8 nitrogen and oxygen atoms in total. The fraction of sp³-hybridized carbons (Fsp3) is 0.600. The van der Waals surface area contributed by atoms with Crippen LogP contribution in [0.2, 0.25) is 36.3 Å². The number of aromatic amines is 1. The van der Waals surface area contributed by atoms with Gasteiger partial charge in [-0.1, -0.05) is 77.4 Å². The highest BCUT2D eigenvalue weighted by Crippen LogP contribution is 2.43. The van der Waals surface area contributed by atoms with Gasteiger partial charge < -0.3 is 28.4 Å². The van der Waals surface area contributed by atoms with E-state index in [2.05, 4.69) is 78.8 Å². The van der Waals surface area contributed by atoms with Crippen LogP contribution in [0.5, 0.6) is 0 Å². The van der Waals surface area contributed by atoms with Crippen LogP contribution in [0.25, 0.3) is 10.9 Å². The maximum absolute atomic E-state index is 13.9. The highest BCUT2D eigenvalue weighted by molar-refractivity contribution is 7.92. The number of fused-ring (bicyclic) bond motifs is 1. The smallest absolute Gasteiger partial charge is 0.207 e. The summed E-state index contributed by atoms with van der Waals surface area (Å²) in [5, 5.41) is 12.6. The Hall–Kier alpha value is -1.84. The monoisotopic (exact) mass is 689 g/mol. The zero-order valence-corrected chi connectivity index (χ0v) is 32.3. The summed E-state index contributed by atoms with van der Waals surface area (Å²) in [5.41, 5.74) is 1.24. The number of aryl methyl sites for hydroxylation is 1. The molecule has 1 unspecified atom stereocenters. The molecule has 3 aromatic rings. The minimum absolute atomic E-state index is 0.0386. The minimum Gasteiger partial charge on any atom is -0.411 e. The van der Waals surface area contributed by atoms with Gasteiger partial charge >= 0.3 is 0 Å². The Balaban J connectivity index is 1.69. The Kier molecular flexibility index (Phi) is 10.9. The van der Waals surface area contributed by atoms with E-state index in [1.54, 1.807) is 12.1 Å². The van der Waals surface area contributed by atoms with Crippen molar-refractivity contribution in [3.05, 3.63) is 65.9 Å². The summed E-state index contributed by atoms with van der Waals surface area (Å²) >= 11 is 0. The second-order valence-corrected chi connectivity index (χ2v) is 27.3. The lowest BCUT2D eigenvalue weighted by Crippen LogP contribution is -2.61. The number of H-pyrrole nitrogens is 1. The van der Waals surface area contributed by atoms with Gasteiger partial charge in [0.05, 0.1) is 23.7 Å². The predicted octanol–water partition coefficient (Wildman–Crippen LogP) is 7.72. The number of hydrogen-bond donors (Lipinski definition) is 2. The minimum atomic E-state index is -4.18. The lowest BCUT2D eigenvalue weighted by atomic mass is 10.0. The van der Waals surface area contributed by atoms with Crippen LogP contribution < -0.4 is 0 Å². The zero-order valence-electron chi connectivity index (χ0n) is 29.5. The molecule has 11 heteroatoms. The van der Waals surface area contributed by atoms with Crippen LogP contribution in [0, 0.1) is 6.92 Å². The molecular weight excluding hydrogens is 635 g/mol. The molecule has 46 heavy (non-hydrogen) atoms. The van der Waals surface area contributed by atoms with Crippen molar-refractivity contribution in [2.45, 2.75) is 133 Å². The lowest BCUT2D eigenvalue weighted by Gasteiger charge is -2.49. The standard InChI is InChI=1S/C35H55NO7SSi2/c1-24-16-18-26(19-17-24)44(38,39)32(37)31-29(42-45(8,9)34(2,3)4)22-30(43-46(10,11)35(5,6)7)33(41-31)40-21-20-25-23-36-28-15-13-12-14-27(25)28/h12-19,23,29-33,36-37H,20-22H2,1-11H3/t29-,30+,31-,32?,33+/m0/s1. The van der Waals surface area contributed by atoms with Crippen LogP contribution in [-0.2, 0) is 34.6 Å². The lowest BCUT2D eigenvalue weighted by molar-refractivity contribution is -0.268. The van der Waals surface area contributed by atoms with Crippen molar-refractivity contribution in [3.63, 3.8) is 0 Å². The van der Waals surface area contributed by atoms with Crippen LogP contribution in [0.1, 0.15) is 59.1 Å². The topological polar surface area (TPSA) is 107 Å². The Morgan fingerprint density at radius 2 is 1.48 bits per heavy atom. The molecule has 2 aromatic carbocycles. The molecule has 0 bridgehead atoms. The number of ether oxygens (including phenoxy) is 2. The van der Waals surface area contributed by atoms with Gasteiger partial charge in [0.1, 0.15) is 6.10 Å². The molecule has 5 atom stereocenters. The van der Waals surface area contributed by atoms with Crippen molar-refractivity contribution in [2.75, 3.05) is 6.61 Å². The molecule has 0 aliphatic carbocycles. The molecule has 1 aromatic heterocycles. The van der Waals surface area contributed by atoms with Crippen molar-refractivity contribution >= 4 is 37.4 Å². The fourth-order valence-electron chi connectivity index (χ4n) is 5.20. The number of benzene rings is 2. The number of hydrogen-bond acceptors (Lipinski definition) is 7. The van der Waals surface area contributed by atoms with Gasteiger partial charge in [-0.3, -0.25) is 0 Å². The normalized spacial score (nSPS) is 22.7. The van der Waals surface area contributed by atoms with Gasteiger partial charge in [-0.25, -0.2) is 8.42 Å². The first kappa shape index (κ1) is 37.0. The maximum Gasteiger partial charge on any atom is 0.207 e. The number of aliphatic hydroxyl groups is 1. The van der Waals surface area contributed by atoms with Gasteiger partial charge in [-0.15, -0.1) is 0 Å². The summed E-state index contributed by atoms with van der Waals surface area (Å²) in [5.74, 6) is 0. The number of aliphatic hydroxyl groups excluding tert-OH is 1. The van der Waals surface area contributed by atoms with Crippen molar-refractivity contribution in [3.8, 4) is 0 Å². The molecular formula is C35H55NO7SSi2. The summed E-state index contributed by atoms with van der Waals surface area (Å²) in [6, 6.07) is 14.6. The summed E-state index contributed by atoms with van der Waals surface area (Å²) in [6.07, 6.45) is -0.367. The molecule has 4 rings (SSSR count). The van der Waals surface area contributed by atoms with Gasteiger partial charge in [-0.2, -0.15) is 0 Å². The van der Waals surface area contributed by atoms with Gasteiger partial charge in [0.2, 0.25) is 9.84 Å². The molecule has 2 N–H and O–H groups in total. The van der Waals surface area contributed by atoms with Crippen LogP contribution in [0.4, 0.5) is 0 Å². The molecule has 2 heterocycles. The Bertz CT molecular complexity index is 1570. The third-order valence-electron chi connectivity index (χ3n) is 10.2. The SMILES string of the molecule is Cc1ccc(S(=O)(=O)C(O)[C@H]2O[C@@H](OCCc3c[nH]c4ccccc34)[C@H](O[Si](C)(C)C(C)(C)C)C[C@@H]2O[Si](C)(C)C(C)(C)C)cc1. The average Bonchev–Trinajstić information content (AvgIpc) is 3.35. The van der Waals surface area contributed by atoms with E-state index in [1.165, 1.54) is 12.1 Å². The second-order valence-electron chi connectivity index (χ2n) is 15.8. The summed E-state index contributed by atoms with van der Waals surface area (Å²) in [7, 11) is -8.94. The zero-order chi connectivity index (χ0) is 34.3. The Morgan fingerprint density at radius 1 is 0.913 bits per heavy atom. The van der Waals surface area contributed by atoms with E-state index in [0.29, 0.717) is 19.4 Å². The summed E-state index contributed by atoms with van der Waals surface area (Å²) in [6.45, 7) is 23.8. The van der Waals surface area contributed by atoms with Crippen LogP contribution >= 0.6 is 0 Å². The summed E-state index contributed by atoms with van der Waals surface area (Å²) < 4.78 is 54.5. The van der Waals surface area contributed by atoms with Crippen LogP contribution in [0.3, 0.4) is 0 Å². The third kappa shape index (κ3) is 8.06. The van der Waals surface area contributed by atoms with E-state index in [0.717, 1.165) is 22.0 Å². The molecule has 0 saturated carbocycles. The predicted molar refractivity (Wildman–Crippen MR) is 190 cm³/mol. The second kappa shape index (κ2) is 13.6. The highest BCUT2D eigenvalue weighted by atomic mass is 32.2. The number of nitrogens with one attached hydrogen (secondary N) is 1. The van der Waals surface area contributed by atoms with E-state index in [9.17, 15) is 13.5 Å². The van der Waals surface area contributed by atoms with Crippen molar-refractivity contribution in [2.24, 2.45) is 0 Å². The van der Waals surface area contributed by atoms with E-state index in [-0.39, 0.29) is 15.0 Å². The molecule has 0 radical (unpaired) electrons. The first-order valence-corrected chi connectivity index (χ1v) is 23.7. The molecule has 1 saturated heterocycles. The molecule has 1 aliphatic rings.